The lowest BCUT2D eigenvalue weighted by atomic mass is 9.86. The Morgan fingerprint density at radius 2 is 1.80 bits per heavy atom. The number of benzene rings is 2. The summed E-state index contributed by atoms with van der Waals surface area (Å²) >= 11 is 6.02. The Bertz CT molecular complexity index is 995. The number of fused-ring (bicyclic) bond motifs is 1. The molecule has 6 heteroatoms. The van der Waals surface area contributed by atoms with Gasteiger partial charge in [-0.2, -0.15) is 0 Å². The van der Waals surface area contributed by atoms with Crippen LogP contribution in [0.25, 0.3) is 11.2 Å². The molecule has 0 fully saturated rings. The lowest BCUT2D eigenvalue weighted by Crippen LogP contribution is -2.07. The average Bonchev–Trinajstić information content (AvgIpc) is 3.10. The second-order valence-corrected chi connectivity index (χ2v) is 6.38. The summed E-state index contributed by atoms with van der Waals surface area (Å²) in [4.78, 5) is 4.27. The number of pyridine rings is 1. The van der Waals surface area contributed by atoms with Crippen molar-refractivity contribution < 1.29 is 0 Å². The average molecular weight is 350 g/mol. The highest BCUT2D eigenvalue weighted by Crippen LogP contribution is 2.33. The third-order valence-corrected chi connectivity index (χ3v) is 4.53. The first-order valence-electron chi connectivity index (χ1n) is 7.97. The molecule has 2 aromatic heterocycles. The molecule has 0 aliphatic rings. The number of hydrogen-bond donors (Lipinski definition) is 2. The molecule has 1 atom stereocenters. The first kappa shape index (κ1) is 15.6. The van der Waals surface area contributed by atoms with Crippen LogP contribution in [-0.2, 0) is 6.42 Å². The van der Waals surface area contributed by atoms with Gasteiger partial charge in [-0.15, -0.1) is 5.10 Å². The van der Waals surface area contributed by atoms with Crippen molar-refractivity contribution in [2.24, 2.45) is 0 Å². The van der Waals surface area contributed by atoms with Gasteiger partial charge in [0.2, 0.25) is 0 Å². The summed E-state index contributed by atoms with van der Waals surface area (Å²) in [6.07, 6.45) is 0.798. The molecule has 5 nitrogen and oxygen atoms in total. The van der Waals surface area contributed by atoms with E-state index in [2.05, 4.69) is 32.5 Å². The monoisotopic (exact) mass is 349 g/mol. The standard InChI is InChI=1S/C19H16ClN5/c20-14-8-6-12(7-9-14)10-15(13-4-2-1-3-5-13)16-11-17(21)22-19-18(16)23-25-24-19/h1-9,11,15H,10H2,(H3,21,22,23,24,25). The van der Waals surface area contributed by atoms with E-state index in [1.54, 1.807) is 0 Å². The van der Waals surface area contributed by atoms with E-state index >= 15 is 0 Å². The Kier molecular flexibility index (Phi) is 4.07. The summed E-state index contributed by atoms with van der Waals surface area (Å²) in [6.45, 7) is 0. The number of rotatable bonds is 4. The van der Waals surface area contributed by atoms with Crippen LogP contribution in [0, 0.1) is 0 Å². The van der Waals surface area contributed by atoms with Gasteiger partial charge >= 0.3 is 0 Å². The summed E-state index contributed by atoms with van der Waals surface area (Å²) < 4.78 is 0. The minimum absolute atomic E-state index is 0.0836. The third kappa shape index (κ3) is 3.19. The molecule has 4 aromatic rings. The summed E-state index contributed by atoms with van der Waals surface area (Å²) in [6, 6.07) is 20.1. The number of aromatic nitrogens is 4. The van der Waals surface area contributed by atoms with Gasteiger partial charge in [0.15, 0.2) is 5.65 Å². The molecular weight excluding hydrogens is 334 g/mol. The molecule has 0 radical (unpaired) electrons. The number of nitrogen functional groups attached to an aromatic ring is 1. The van der Waals surface area contributed by atoms with Crippen LogP contribution < -0.4 is 5.73 Å². The second-order valence-electron chi connectivity index (χ2n) is 5.94. The first-order chi connectivity index (χ1) is 12.2. The van der Waals surface area contributed by atoms with Gasteiger partial charge in [0, 0.05) is 10.9 Å². The fourth-order valence-electron chi connectivity index (χ4n) is 3.10. The molecule has 124 valence electrons. The highest BCUT2D eigenvalue weighted by atomic mass is 35.5. The van der Waals surface area contributed by atoms with Crippen molar-refractivity contribution in [2.75, 3.05) is 5.73 Å². The first-order valence-corrected chi connectivity index (χ1v) is 8.35. The molecule has 0 saturated heterocycles. The molecule has 3 N–H and O–H groups in total. The largest absolute Gasteiger partial charge is 0.384 e. The van der Waals surface area contributed by atoms with Gasteiger partial charge in [-0.05, 0) is 41.3 Å². The van der Waals surface area contributed by atoms with Crippen LogP contribution in [0.15, 0.2) is 60.7 Å². The fraction of sp³-hybridized carbons (Fsp3) is 0.105. The van der Waals surface area contributed by atoms with Gasteiger partial charge < -0.3 is 5.73 Å². The zero-order chi connectivity index (χ0) is 17.2. The number of aromatic amines is 1. The number of nitrogens with zero attached hydrogens (tertiary/aromatic N) is 3. The molecule has 0 spiro atoms. The van der Waals surface area contributed by atoms with E-state index in [4.69, 9.17) is 17.3 Å². The molecule has 0 aliphatic carbocycles. The quantitative estimate of drug-likeness (QED) is 0.584. The molecule has 25 heavy (non-hydrogen) atoms. The van der Waals surface area contributed by atoms with Crippen LogP contribution in [0.5, 0.6) is 0 Å². The van der Waals surface area contributed by atoms with Gasteiger partial charge in [-0.1, -0.05) is 59.3 Å². The summed E-state index contributed by atoms with van der Waals surface area (Å²) in [7, 11) is 0. The third-order valence-electron chi connectivity index (χ3n) is 4.28. The molecule has 0 amide bonds. The number of H-pyrrole nitrogens is 1. The highest BCUT2D eigenvalue weighted by molar-refractivity contribution is 6.30. The Balaban J connectivity index is 1.85. The molecule has 4 rings (SSSR count). The van der Waals surface area contributed by atoms with Crippen molar-refractivity contribution in [1.29, 1.82) is 0 Å². The SMILES string of the molecule is Nc1cc(C(Cc2ccc(Cl)cc2)c2ccccc2)c2nn[nH]c2n1. The van der Waals surface area contributed by atoms with E-state index in [9.17, 15) is 0 Å². The predicted octanol–water partition coefficient (Wildman–Crippen LogP) is 3.96. The van der Waals surface area contributed by atoms with Gasteiger partial charge in [-0.25, -0.2) is 10.1 Å². The predicted molar refractivity (Wildman–Crippen MR) is 99.5 cm³/mol. The van der Waals surface area contributed by atoms with Crippen molar-refractivity contribution >= 4 is 28.6 Å². The highest BCUT2D eigenvalue weighted by Gasteiger charge is 2.20. The van der Waals surface area contributed by atoms with Crippen LogP contribution in [-0.4, -0.2) is 20.4 Å². The molecule has 2 aromatic carbocycles. The molecule has 0 saturated carbocycles. The van der Waals surface area contributed by atoms with Crippen molar-refractivity contribution in [3.8, 4) is 0 Å². The van der Waals surface area contributed by atoms with E-state index < -0.39 is 0 Å². The van der Waals surface area contributed by atoms with Gasteiger partial charge in [0.25, 0.3) is 0 Å². The molecule has 2 heterocycles. The normalized spacial score (nSPS) is 12.4. The van der Waals surface area contributed by atoms with E-state index in [1.807, 2.05) is 48.5 Å². The van der Waals surface area contributed by atoms with E-state index in [0.29, 0.717) is 11.5 Å². The number of halogens is 1. The van der Waals surface area contributed by atoms with Crippen molar-refractivity contribution in [1.82, 2.24) is 20.4 Å². The Morgan fingerprint density at radius 1 is 1.04 bits per heavy atom. The van der Waals surface area contributed by atoms with Crippen molar-refractivity contribution in [3.05, 3.63) is 82.4 Å². The topological polar surface area (TPSA) is 80.5 Å². The van der Waals surface area contributed by atoms with Crippen molar-refractivity contribution in [3.63, 3.8) is 0 Å². The van der Waals surface area contributed by atoms with E-state index in [1.165, 1.54) is 11.1 Å². The molecule has 0 aliphatic heterocycles. The summed E-state index contributed by atoms with van der Waals surface area (Å²) in [5.74, 6) is 0.533. The molecule has 1 unspecified atom stereocenters. The van der Waals surface area contributed by atoms with Gasteiger partial charge in [0.05, 0.1) is 0 Å². The maximum atomic E-state index is 6.02. The number of hydrogen-bond acceptors (Lipinski definition) is 4. The number of nitrogens with one attached hydrogen (secondary N) is 1. The van der Waals surface area contributed by atoms with Gasteiger partial charge in [-0.3, -0.25) is 0 Å². The maximum absolute atomic E-state index is 6.02. The molecule has 0 bridgehead atoms. The van der Waals surface area contributed by atoms with Crippen LogP contribution in [0.2, 0.25) is 5.02 Å². The minimum atomic E-state index is 0.0836. The fourth-order valence-corrected chi connectivity index (χ4v) is 3.22. The Labute approximate surface area is 149 Å². The van der Waals surface area contributed by atoms with Crippen LogP contribution in [0.1, 0.15) is 22.6 Å². The Hall–Kier alpha value is -2.92. The zero-order valence-electron chi connectivity index (χ0n) is 13.4. The smallest absolute Gasteiger partial charge is 0.178 e. The Morgan fingerprint density at radius 3 is 2.56 bits per heavy atom. The van der Waals surface area contributed by atoms with E-state index in [0.717, 1.165) is 22.5 Å². The lowest BCUT2D eigenvalue weighted by molar-refractivity contribution is 0.808. The number of anilines is 1. The van der Waals surface area contributed by atoms with Crippen LogP contribution in [0.4, 0.5) is 5.82 Å². The summed E-state index contributed by atoms with van der Waals surface area (Å²) in [5.41, 5.74) is 10.7. The summed E-state index contributed by atoms with van der Waals surface area (Å²) in [5, 5.41) is 11.6. The van der Waals surface area contributed by atoms with E-state index in [-0.39, 0.29) is 5.92 Å². The molecular formula is C19H16ClN5. The number of nitrogens with two attached hydrogens (primary N) is 1. The maximum Gasteiger partial charge on any atom is 0.178 e. The van der Waals surface area contributed by atoms with Crippen molar-refractivity contribution in [2.45, 2.75) is 12.3 Å². The van der Waals surface area contributed by atoms with Crippen LogP contribution in [0.3, 0.4) is 0 Å². The second kappa shape index (κ2) is 6.53. The van der Waals surface area contributed by atoms with Crippen LogP contribution >= 0.6 is 11.6 Å². The van der Waals surface area contributed by atoms with Gasteiger partial charge in [0.1, 0.15) is 11.3 Å². The minimum Gasteiger partial charge on any atom is -0.384 e. The zero-order valence-corrected chi connectivity index (χ0v) is 14.1. The lowest BCUT2D eigenvalue weighted by Gasteiger charge is -2.19.